The first-order valence-corrected chi connectivity index (χ1v) is 6.50. The predicted octanol–water partition coefficient (Wildman–Crippen LogP) is -1.62. The number of nitrogens with zero attached hydrogens (tertiary/aromatic N) is 7. The maximum absolute atomic E-state index is 12.1. The summed E-state index contributed by atoms with van der Waals surface area (Å²) in [6, 6.07) is 0. The van der Waals surface area contributed by atoms with Gasteiger partial charge >= 0.3 is 0 Å². The number of carbonyl (C=O) groups excluding carboxylic acids is 2. The van der Waals surface area contributed by atoms with Crippen LogP contribution in [0.4, 0.5) is 0 Å². The summed E-state index contributed by atoms with van der Waals surface area (Å²) >= 11 is 0. The average molecular weight is 290 g/mol. The fourth-order valence-corrected chi connectivity index (χ4v) is 2.20. The van der Waals surface area contributed by atoms with Crippen LogP contribution in [0.1, 0.15) is 10.4 Å². The summed E-state index contributed by atoms with van der Waals surface area (Å²) in [5.41, 5.74) is 0.531. The van der Waals surface area contributed by atoms with Gasteiger partial charge in [-0.2, -0.15) is 5.10 Å². The molecule has 1 aliphatic heterocycles. The maximum atomic E-state index is 12.1. The molecule has 0 aromatic carbocycles. The van der Waals surface area contributed by atoms with Crippen molar-refractivity contribution in [2.24, 2.45) is 0 Å². The van der Waals surface area contributed by atoms with E-state index in [2.05, 4.69) is 25.7 Å². The van der Waals surface area contributed by atoms with E-state index < -0.39 is 0 Å². The summed E-state index contributed by atoms with van der Waals surface area (Å²) in [7, 11) is 0. The number of nitrogens with one attached hydrogen (secondary N) is 1. The van der Waals surface area contributed by atoms with Crippen LogP contribution in [0.5, 0.6) is 0 Å². The van der Waals surface area contributed by atoms with E-state index in [4.69, 9.17) is 0 Å². The number of aromatic nitrogens is 6. The normalized spacial score (nSPS) is 15.2. The van der Waals surface area contributed by atoms with Gasteiger partial charge in [-0.05, 0) is 10.4 Å². The van der Waals surface area contributed by atoms with E-state index in [0.717, 1.165) is 0 Å². The molecule has 10 nitrogen and oxygen atoms in total. The second-order valence-electron chi connectivity index (χ2n) is 4.67. The lowest BCUT2D eigenvalue weighted by Crippen LogP contribution is -2.51. The summed E-state index contributed by atoms with van der Waals surface area (Å²) < 4.78 is 1.38. The van der Waals surface area contributed by atoms with Crippen LogP contribution in [0.25, 0.3) is 0 Å². The molecular weight excluding hydrogens is 276 g/mol. The molecule has 1 saturated heterocycles. The van der Waals surface area contributed by atoms with E-state index in [-0.39, 0.29) is 18.4 Å². The van der Waals surface area contributed by atoms with E-state index in [0.29, 0.717) is 31.7 Å². The van der Waals surface area contributed by atoms with Crippen molar-refractivity contribution in [2.75, 3.05) is 26.2 Å². The Kier molecular flexibility index (Phi) is 3.58. The van der Waals surface area contributed by atoms with Crippen molar-refractivity contribution in [3.63, 3.8) is 0 Å². The quantitative estimate of drug-likeness (QED) is 0.727. The third-order valence-electron chi connectivity index (χ3n) is 3.35. The lowest BCUT2D eigenvalue weighted by molar-refractivity contribution is -0.133. The van der Waals surface area contributed by atoms with Crippen LogP contribution in [-0.2, 0) is 11.3 Å². The number of piperazine rings is 1. The SMILES string of the molecule is O=C(Cn1cnnn1)N1CCN(C(=O)c2cn[nH]c2)CC1. The molecule has 0 unspecified atom stereocenters. The van der Waals surface area contributed by atoms with Crippen LogP contribution < -0.4 is 0 Å². The van der Waals surface area contributed by atoms with Crippen LogP contribution in [0.2, 0.25) is 0 Å². The van der Waals surface area contributed by atoms with Crippen molar-refractivity contribution in [2.45, 2.75) is 6.54 Å². The Bertz CT molecular complexity index is 600. The molecule has 0 atom stereocenters. The minimum Gasteiger partial charge on any atom is -0.338 e. The minimum absolute atomic E-state index is 0.0577. The first-order valence-electron chi connectivity index (χ1n) is 6.50. The zero-order valence-electron chi connectivity index (χ0n) is 11.2. The smallest absolute Gasteiger partial charge is 0.257 e. The summed E-state index contributed by atoms with van der Waals surface area (Å²) in [6.07, 6.45) is 4.46. The molecule has 1 fully saturated rings. The third kappa shape index (κ3) is 2.88. The highest BCUT2D eigenvalue weighted by atomic mass is 16.2. The first kappa shape index (κ1) is 13.2. The lowest BCUT2D eigenvalue weighted by atomic mass is 10.2. The average Bonchev–Trinajstić information content (AvgIpc) is 3.20. The van der Waals surface area contributed by atoms with E-state index in [1.807, 2.05) is 0 Å². The van der Waals surface area contributed by atoms with E-state index >= 15 is 0 Å². The summed E-state index contributed by atoms with van der Waals surface area (Å²) in [5, 5.41) is 17.0. The molecule has 21 heavy (non-hydrogen) atoms. The fraction of sp³-hybridized carbons (Fsp3) is 0.455. The van der Waals surface area contributed by atoms with Crippen molar-refractivity contribution < 1.29 is 9.59 Å². The number of hydrogen-bond donors (Lipinski definition) is 1. The number of amides is 2. The third-order valence-corrected chi connectivity index (χ3v) is 3.35. The monoisotopic (exact) mass is 290 g/mol. The zero-order valence-corrected chi connectivity index (χ0v) is 11.2. The first-order chi connectivity index (χ1) is 10.2. The largest absolute Gasteiger partial charge is 0.338 e. The molecule has 110 valence electrons. The van der Waals surface area contributed by atoms with Crippen molar-refractivity contribution in [1.29, 1.82) is 0 Å². The van der Waals surface area contributed by atoms with E-state index in [1.54, 1.807) is 16.0 Å². The molecule has 0 spiro atoms. The molecule has 2 aromatic heterocycles. The minimum atomic E-state index is -0.0728. The second kappa shape index (κ2) is 5.69. The summed E-state index contributed by atoms with van der Waals surface area (Å²) in [6.45, 7) is 2.13. The molecule has 3 heterocycles. The van der Waals surface area contributed by atoms with Gasteiger partial charge in [0.05, 0.1) is 11.8 Å². The van der Waals surface area contributed by atoms with Crippen LogP contribution in [0.15, 0.2) is 18.7 Å². The molecule has 1 aliphatic rings. The Morgan fingerprint density at radius 2 is 1.95 bits per heavy atom. The number of tetrazole rings is 1. The van der Waals surface area contributed by atoms with Crippen LogP contribution in [-0.4, -0.2) is 78.2 Å². The second-order valence-corrected chi connectivity index (χ2v) is 4.67. The van der Waals surface area contributed by atoms with Crippen molar-refractivity contribution in [3.05, 3.63) is 24.3 Å². The van der Waals surface area contributed by atoms with Crippen molar-refractivity contribution in [1.82, 2.24) is 40.2 Å². The van der Waals surface area contributed by atoms with Gasteiger partial charge in [-0.15, -0.1) is 5.10 Å². The van der Waals surface area contributed by atoms with Crippen LogP contribution in [0.3, 0.4) is 0 Å². The van der Waals surface area contributed by atoms with Gasteiger partial charge in [0.15, 0.2) is 0 Å². The van der Waals surface area contributed by atoms with Gasteiger partial charge in [-0.3, -0.25) is 14.7 Å². The molecule has 0 saturated carbocycles. The Morgan fingerprint density at radius 1 is 1.19 bits per heavy atom. The molecule has 1 N–H and O–H groups in total. The van der Waals surface area contributed by atoms with Crippen LogP contribution >= 0.6 is 0 Å². The van der Waals surface area contributed by atoms with Gasteiger partial charge in [0.25, 0.3) is 5.91 Å². The predicted molar refractivity (Wildman–Crippen MR) is 68.9 cm³/mol. The molecule has 0 aliphatic carbocycles. The highest BCUT2D eigenvalue weighted by molar-refractivity contribution is 5.93. The van der Waals surface area contributed by atoms with E-state index in [1.165, 1.54) is 17.2 Å². The topological polar surface area (TPSA) is 113 Å². The number of hydrogen-bond acceptors (Lipinski definition) is 6. The molecule has 10 heteroatoms. The maximum Gasteiger partial charge on any atom is 0.257 e. The number of carbonyl (C=O) groups is 2. The molecule has 3 rings (SSSR count). The standard InChI is InChI=1S/C11H14N8O2/c20-10(7-19-8-14-15-16-19)17-1-3-18(4-2-17)11(21)9-5-12-13-6-9/h5-6,8H,1-4,7H2,(H,12,13). The molecule has 0 radical (unpaired) electrons. The lowest BCUT2D eigenvalue weighted by Gasteiger charge is -2.34. The molecule has 2 aromatic rings. The van der Waals surface area contributed by atoms with Gasteiger partial charge in [0.2, 0.25) is 5.91 Å². The van der Waals surface area contributed by atoms with Gasteiger partial charge in [0.1, 0.15) is 12.9 Å². The van der Waals surface area contributed by atoms with Gasteiger partial charge in [0, 0.05) is 32.4 Å². The molecule has 0 bridgehead atoms. The number of H-pyrrole nitrogens is 1. The van der Waals surface area contributed by atoms with Crippen molar-refractivity contribution >= 4 is 11.8 Å². The molecule has 2 amide bonds. The highest BCUT2D eigenvalue weighted by Gasteiger charge is 2.25. The summed E-state index contributed by atoms with van der Waals surface area (Å²) in [5.74, 6) is -0.131. The van der Waals surface area contributed by atoms with E-state index in [9.17, 15) is 9.59 Å². The van der Waals surface area contributed by atoms with Gasteiger partial charge in [-0.1, -0.05) is 0 Å². The number of aromatic amines is 1. The Balaban J connectivity index is 1.53. The van der Waals surface area contributed by atoms with Gasteiger partial charge in [-0.25, -0.2) is 4.68 Å². The number of rotatable bonds is 3. The fourth-order valence-electron chi connectivity index (χ4n) is 2.20. The Hall–Kier alpha value is -2.78. The Labute approximate surface area is 119 Å². The van der Waals surface area contributed by atoms with Crippen LogP contribution in [0, 0.1) is 0 Å². The Morgan fingerprint density at radius 3 is 2.57 bits per heavy atom. The zero-order chi connectivity index (χ0) is 14.7. The molecular formula is C11H14N8O2. The highest BCUT2D eigenvalue weighted by Crippen LogP contribution is 2.08. The van der Waals surface area contributed by atoms with Gasteiger partial charge < -0.3 is 9.80 Å². The summed E-state index contributed by atoms with van der Waals surface area (Å²) in [4.78, 5) is 27.6. The van der Waals surface area contributed by atoms with Crippen molar-refractivity contribution in [3.8, 4) is 0 Å².